The first kappa shape index (κ1) is 11.2. The molecule has 2 rings (SSSR count). The van der Waals surface area contributed by atoms with Crippen molar-refractivity contribution in [2.24, 2.45) is 0 Å². The summed E-state index contributed by atoms with van der Waals surface area (Å²) in [5.41, 5.74) is 0.926. The maximum absolute atomic E-state index is 11.6. The number of aromatic nitrogens is 2. The van der Waals surface area contributed by atoms with Crippen LogP contribution in [-0.2, 0) is 11.2 Å². The number of carbonyl (C=O) groups excluding carboxylic acids is 1. The molecule has 88 valence electrons. The standard InChI is InChI=1S/C12H13N3O2/c1-17-10-4-2-9(3-5-10)8-11(16)15-12-13-6-7-14-12/h2-7H,8H2,1H3,(H2,13,14,15,16). The van der Waals surface area contributed by atoms with Crippen molar-refractivity contribution in [3.8, 4) is 5.75 Å². The van der Waals surface area contributed by atoms with Gasteiger partial charge in [-0.25, -0.2) is 4.98 Å². The summed E-state index contributed by atoms with van der Waals surface area (Å²) >= 11 is 0. The van der Waals surface area contributed by atoms with Gasteiger partial charge in [-0.2, -0.15) is 0 Å². The van der Waals surface area contributed by atoms with Gasteiger partial charge in [-0.05, 0) is 17.7 Å². The molecule has 0 atom stereocenters. The summed E-state index contributed by atoms with van der Waals surface area (Å²) in [7, 11) is 1.61. The number of amides is 1. The fourth-order valence-electron chi connectivity index (χ4n) is 1.44. The lowest BCUT2D eigenvalue weighted by atomic mass is 10.1. The Morgan fingerprint density at radius 1 is 1.41 bits per heavy atom. The summed E-state index contributed by atoms with van der Waals surface area (Å²) in [6.07, 6.45) is 3.55. The number of hydrogen-bond donors (Lipinski definition) is 2. The highest BCUT2D eigenvalue weighted by atomic mass is 16.5. The van der Waals surface area contributed by atoms with E-state index in [-0.39, 0.29) is 5.91 Å². The van der Waals surface area contributed by atoms with Crippen molar-refractivity contribution in [2.75, 3.05) is 12.4 Å². The predicted octanol–water partition coefficient (Wildman–Crippen LogP) is 1.60. The molecule has 0 fully saturated rings. The lowest BCUT2D eigenvalue weighted by molar-refractivity contribution is -0.115. The highest BCUT2D eigenvalue weighted by molar-refractivity contribution is 5.90. The highest BCUT2D eigenvalue weighted by Gasteiger charge is 2.05. The molecule has 2 N–H and O–H groups in total. The Hall–Kier alpha value is -2.30. The number of nitrogens with one attached hydrogen (secondary N) is 2. The summed E-state index contributed by atoms with van der Waals surface area (Å²) in [4.78, 5) is 18.4. The zero-order chi connectivity index (χ0) is 12.1. The third-order valence-corrected chi connectivity index (χ3v) is 2.28. The van der Waals surface area contributed by atoms with E-state index in [1.165, 1.54) is 0 Å². The van der Waals surface area contributed by atoms with Gasteiger partial charge < -0.3 is 9.72 Å². The molecule has 0 spiro atoms. The van der Waals surface area contributed by atoms with E-state index < -0.39 is 0 Å². The van der Waals surface area contributed by atoms with Crippen LogP contribution in [0.2, 0.25) is 0 Å². The van der Waals surface area contributed by atoms with Crippen LogP contribution in [0.4, 0.5) is 5.95 Å². The van der Waals surface area contributed by atoms with Crippen LogP contribution < -0.4 is 10.1 Å². The summed E-state index contributed by atoms with van der Waals surface area (Å²) in [6.45, 7) is 0. The maximum Gasteiger partial charge on any atom is 0.231 e. The van der Waals surface area contributed by atoms with Crippen molar-refractivity contribution in [1.29, 1.82) is 0 Å². The van der Waals surface area contributed by atoms with Crippen molar-refractivity contribution in [3.05, 3.63) is 42.2 Å². The van der Waals surface area contributed by atoms with Gasteiger partial charge in [-0.15, -0.1) is 0 Å². The van der Waals surface area contributed by atoms with E-state index in [2.05, 4.69) is 15.3 Å². The van der Waals surface area contributed by atoms with Gasteiger partial charge in [0.2, 0.25) is 11.9 Å². The molecular formula is C12H13N3O2. The first-order valence-electron chi connectivity index (χ1n) is 5.20. The van der Waals surface area contributed by atoms with Crippen LogP contribution in [0.25, 0.3) is 0 Å². The van der Waals surface area contributed by atoms with Crippen molar-refractivity contribution in [3.63, 3.8) is 0 Å². The van der Waals surface area contributed by atoms with Crippen molar-refractivity contribution >= 4 is 11.9 Å². The number of ether oxygens (including phenoxy) is 1. The lowest BCUT2D eigenvalue weighted by Crippen LogP contribution is -2.15. The Balaban J connectivity index is 1.93. The normalized spacial score (nSPS) is 9.94. The summed E-state index contributed by atoms with van der Waals surface area (Å²) < 4.78 is 5.04. The van der Waals surface area contributed by atoms with Crippen LogP contribution in [0, 0.1) is 0 Å². The largest absolute Gasteiger partial charge is 0.497 e. The summed E-state index contributed by atoms with van der Waals surface area (Å²) in [5, 5.41) is 2.66. The van der Waals surface area contributed by atoms with Gasteiger partial charge in [0.15, 0.2) is 0 Å². The summed E-state index contributed by atoms with van der Waals surface area (Å²) in [5.74, 6) is 1.13. The number of nitrogens with zero attached hydrogens (tertiary/aromatic N) is 1. The van der Waals surface area contributed by atoms with Gasteiger partial charge in [0.05, 0.1) is 13.5 Å². The van der Waals surface area contributed by atoms with Crippen LogP contribution in [0.5, 0.6) is 5.75 Å². The lowest BCUT2D eigenvalue weighted by Gasteiger charge is -2.03. The van der Waals surface area contributed by atoms with E-state index >= 15 is 0 Å². The fraction of sp³-hybridized carbons (Fsp3) is 0.167. The zero-order valence-electron chi connectivity index (χ0n) is 9.43. The number of imidazole rings is 1. The SMILES string of the molecule is COc1ccc(CC(=O)Nc2ncc[nH]2)cc1. The molecule has 0 aliphatic heterocycles. The monoisotopic (exact) mass is 231 g/mol. The van der Waals surface area contributed by atoms with Crippen molar-refractivity contribution in [2.45, 2.75) is 6.42 Å². The Morgan fingerprint density at radius 3 is 2.76 bits per heavy atom. The number of hydrogen-bond acceptors (Lipinski definition) is 3. The van der Waals surface area contributed by atoms with Crippen LogP contribution in [0.1, 0.15) is 5.56 Å². The maximum atomic E-state index is 11.6. The minimum atomic E-state index is -0.106. The molecule has 0 aliphatic carbocycles. The second-order valence-electron chi connectivity index (χ2n) is 3.51. The Bertz CT molecular complexity index is 477. The Labute approximate surface area is 98.8 Å². The molecule has 0 aliphatic rings. The third-order valence-electron chi connectivity index (χ3n) is 2.28. The second-order valence-corrected chi connectivity index (χ2v) is 3.51. The van der Waals surface area contributed by atoms with E-state index in [1.807, 2.05) is 24.3 Å². The van der Waals surface area contributed by atoms with Gasteiger partial charge in [0.25, 0.3) is 0 Å². The quantitative estimate of drug-likeness (QED) is 0.839. The number of anilines is 1. The molecule has 1 aromatic heterocycles. The van der Waals surface area contributed by atoms with Crippen LogP contribution in [-0.4, -0.2) is 23.0 Å². The Morgan fingerprint density at radius 2 is 2.18 bits per heavy atom. The molecule has 1 heterocycles. The van der Waals surface area contributed by atoms with E-state index in [0.29, 0.717) is 12.4 Å². The van der Waals surface area contributed by atoms with E-state index in [4.69, 9.17) is 4.74 Å². The van der Waals surface area contributed by atoms with E-state index in [0.717, 1.165) is 11.3 Å². The van der Waals surface area contributed by atoms with Gasteiger partial charge >= 0.3 is 0 Å². The number of methoxy groups -OCH3 is 1. The van der Waals surface area contributed by atoms with E-state index in [9.17, 15) is 4.79 Å². The number of carbonyl (C=O) groups is 1. The van der Waals surface area contributed by atoms with Crippen molar-refractivity contribution < 1.29 is 9.53 Å². The zero-order valence-corrected chi connectivity index (χ0v) is 9.43. The number of rotatable bonds is 4. The molecule has 0 bridgehead atoms. The van der Waals surface area contributed by atoms with Crippen LogP contribution in [0.15, 0.2) is 36.7 Å². The smallest absolute Gasteiger partial charge is 0.231 e. The van der Waals surface area contributed by atoms with Crippen LogP contribution in [0.3, 0.4) is 0 Å². The molecule has 0 radical (unpaired) electrons. The minimum Gasteiger partial charge on any atom is -0.497 e. The fourth-order valence-corrected chi connectivity index (χ4v) is 1.44. The van der Waals surface area contributed by atoms with Gasteiger partial charge in [-0.3, -0.25) is 10.1 Å². The number of H-pyrrole nitrogens is 1. The van der Waals surface area contributed by atoms with Crippen molar-refractivity contribution in [1.82, 2.24) is 9.97 Å². The molecule has 1 aromatic carbocycles. The first-order valence-corrected chi connectivity index (χ1v) is 5.20. The average Bonchev–Trinajstić information content (AvgIpc) is 2.82. The molecule has 2 aromatic rings. The molecular weight excluding hydrogens is 218 g/mol. The van der Waals surface area contributed by atoms with Gasteiger partial charge in [0, 0.05) is 12.4 Å². The third kappa shape index (κ3) is 3.07. The number of aromatic amines is 1. The van der Waals surface area contributed by atoms with E-state index in [1.54, 1.807) is 19.5 Å². The minimum absolute atomic E-state index is 0.106. The summed E-state index contributed by atoms with van der Waals surface area (Å²) in [6, 6.07) is 7.38. The van der Waals surface area contributed by atoms with Crippen LogP contribution >= 0.6 is 0 Å². The van der Waals surface area contributed by atoms with Gasteiger partial charge in [0.1, 0.15) is 5.75 Å². The molecule has 0 saturated heterocycles. The number of benzene rings is 1. The Kier molecular flexibility index (Phi) is 3.40. The van der Waals surface area contributed by atoms with Gasteiger partial charge in [-0.1, -0.05) is 12.1 Å². The average molecular weight is 231 g/mol. The molecule has 0 unspecified atom stereocenters. The molecule has 17 heavy (non-hydrogen) atoms. The predicted molar refractivity (Wildman–Crippen MR) is 63.9 cm³/mol. The molecule has 5 heteroatoms. The highest BCUT2D eigenvalue weighted by Crippen LogP contribution is 2.12. The molecule has 0 saturated carbocycles. The first-order chi connectivity index (χ1) is 8.28. The second kappa shape index (κ2) is 5.16. The molecule has 1 amide bonds. The molecule has 5 nitrogen and oxygen atoms in total. The topological polar surface area (TPSA) is 67.0 Å².